The van der Waals surface area contributed by atoms with Crippen LogP contribution in [0.4, 0.5) is 0 Å². The molecule has 0 fully saturated rings. The van der Waals surface area contributed by atoms with Crippen LogP contribution < -0.4 is 20.3 Å². The Morgan fingerprint density at radius 3 is 2.45 bits per heavy atom. The van der Waals surface area contributed by atoms with E-state index in [-0.39, 0.29) is 24.4 Å². The molecule has 0 unspecified atom stereocenters. The van der Waals surface area contributed by atoms with E-state index in [9.17, 15) is 9.59 Å². The SMILES string of the molecule is COc1ccc(CNC(=O)CCn2nc(-c3ccc(C)c(C)c3)ccc2=O)cc1OC. The van der Waals surface area contributed by atoms with Gasteiger partial charge in [-0.15, -0.1) is 0 Å². The summed E-state index contributed by atoms with van der Waals surface area (Å²) in [5.74, 6) is 1.07. The van der Waals surface area contributed by atoms with Crippen LogP contribution in [-0.2, 0) is 17.9 Å². The second-order valence-corrected chi connectivity index (χ2v) is 7.30. The number of benzene rings is 2. The van der Waals surface area contributed by atoms with Crippen LogP contribution in [0, 0.1) is 13.8 Å². The molecule has 1 amide bonds. The molecule has 3 rings (SSSR count). The number of aromatic nitrogens is 2. The van der Waals surface area contributed by atoms with Gasteiger partial charge >= 0.3 is 0 Å². The fourth-order valence-corrected chi connectivity index (χ4v) is 3.15. The number of rotatable bonds is 8. The van der Waals surface area contributed by atoms with E-state index in [2.05, 4.69) is 10.4 Å². The van der Waals surface area contributed by atoms with Gasteiger partial charge in [-0.05, 0) is 54.8 Å². The third-order valence-corrected chi connectivity index (χ3v) is 5.16. The molecule has 2 aromatic carbocycles. The number of methoxy groups -OCH3 is 2. The maximum Gasteiger partial charge on any atom is 0.266 e. The topological polar surface area (TPSA) is 82.5 Å². The van der Waals surface area contributed by atoms with Gasteiger partial charge in [0.2, 0.25) is 5.91 Å². The molecule has 0 radical (unpaired) electrons. The second kappa shape index (κ2) is 9.93. The number of carbonyl (C=O) groups is 1. The third kappa shape index (κ3) is 5.51. The number of hydrogen-bond donors (Lipinski definition) is 1. The number of aryl methyl sites for hydroxylation is 3. The van der Waals surface area contributed by atoms with Crippen LogP contribution in [0.15, 0.2) is 53.3 Å². The van der Waals surface area contributed by atoms with Crippen LogP contribution >= 0.6 is 0 Å². The van der Waals surface area contributed by atoms with E-state index in [0.717, 1.165) is 16.7 Å². The monoisotopic (exact) mass is 421 g/mol. The molecule has 0 spiro atoms. The Morgan fingerprint density at radius 1 is 0.968 bits per heavy atom. The highest BCUT2D eigenvalue weighted by Gasteiger charge is 2.09. The molecule has 0 aliphatic heterocycles. The van der Waals surface area contributed by atoms with Crippen LogP contribution in [0.5, 0.6) is 11.5 Å². The molecular formula is C24H27N3O4. The summed E-state index contributed by atoms with van der Waals surface area (Å²) < 4.78 is 11.8. The summed E-state index contributed by atoms with van der Waals surface area (Å²) in [5, 5.41) is 7.30. The van der Waals surface area contributed by atoms with Crippen LogP contribution in [-0.4, -0.2) is 29.9 Å². The predicted octanol–water partition coefficient (Wildman–Crippen LogP) is 3.25. The van der Waals surface area contributed by atoms with E-state index in [4.69, 9.17) is 9.47 Å². The minimum absolute atomic E-state index is 0.149. The summed E-state index contributed by atoms with van der Waals surface area (Å²) in [6, 6.07) is 14.7. The zero-order valence-corrected chi connectivity index (χ0v) is 18.3. The standard InChI is InChI=1S/C24H27N3O4/c1-16-5-7-19(13-17(16)2)20-8-10-24(29)27(26-20)12-11-23(28)25-15-18-6-9-21(30-3)22(14-18)31-4/h5-10,13-14H,11-12,15H2,1-4H3,(H,25,28). The molecule has 0 aliphatic rings. The van der Waals surface area contributed by atoms with Crippen molar-refractivity contribution in [3.05, 3.63) is 75.6 Å². The van der Waals surface area contributed by atoms with Gasteiger partial charge < -0.3 is 14.8 Å². The van der Waals surface area contributed by atoms with E-state index in [1.807, 2.05) is 44.2 Å². The number of hydrogen-bond acceptors (Lipinski definition) is 5. The maximum absolute atomic E-state index is 12.3. The molecule has 1 N–H and O–H groups in total. The van der Waals surface area contributed by atoms with E-state index in [0.29, 0.717) is 23.7 Å². The van der Waals surface area contributed by atoms with Crippen LogP contribution in [0.2, 0.25) is 0 Å². The molecule has 0 saturated heterocycles. The van der Waals surface area contributed by atoms with Crippen molar-refractivity contribution in [2.24, 2.45) is 0 Å². The van der Waals surface area contributed by atoms with Crippen LogP contribution in [0.25, 0.3) is 11.3 Å². The highest BCUT2D eigenvalue weighted by Crippen LogP contribution is 2.27. The number of nitrogens with zero attached hydrogens (tertiary/aromatic N) is 2. The minimum Gasteiger partial charge on any atom is -0.493 e. The Morgan fingerprint density at radius 2 is 1.74 bits per heavy atom. The lowest BCUT2D eigenvalue weighted by Gasteiger charge is -2.11. The summed E-state index contributed by atoms with van der Waals surface area (Å²) in [7, 11) is 3.14. The van der Waals surface area contributed by atoms with E-state index >= 15 is 0 Å². The lowest BCUT2D eigenvalue weighted by Crippen LogP contribution is -2.28. The lowest BCUT2D eigenvalue weighted by molar-refractivity contribution is -0.121. The van der Waals surface area contributed by atoms with E-state index < -0.39 is 0 Å². The first-order chi connectivity index (χ1) is 14.9. The van der Waals surface area contributed by atoms with Gasteiger partial charge in [-0.25, -0.2) is 4.68 Å². The summed E-state index contributed by atoms with van der Waals surface area (Å²) in [6.07, 6.45) is 0.149. The lowest BCUT2D eigenvalue weighted by atomic mass is 10.0. The molecular weight excluding hydrogens is 394 g/mol. The molecule has 31 heavy (non-hydrogen) atoms. The molecule has 3 aromatic rings. The smallest absolute Gasteiger partial charge is 0.266 e. The third-order valence-electron chi connectivity index (χ3n) is 5.16. The van der Waals surface area contributed by atoms with Crippen molar-refractivity contribution in [1.29, 1.82) is 0 Å². The van der Waals surface area contributed by atoms with Gasteiger partial charge in [-0.2, -0.15) is 5.10 Å². The fourth-order valence-electron chi connectivity index (χ4n) is 3.15. The quantitative estimate of drug-likeness (QED) is 0.604. The molecule has 0 aliphatic carbocycles. The average Bonchev–Trinajstić information content (AvgIpc) is 2.78. The minimum atomic E-state index is -0.236. The van der Waals surface area contributed by atoms with Gasteiger partial charge in [-0.1, -0.05) is 18.2 Å². The van der Waals surface area contributed by atoms with Crippen molar-refractivity contribution in [2.75, 3.05) is 14.2 Å². The first-order valence-corrected chi connectivity index (χ1v) is 10.0. The van der Waals surface area contributed by atoms with Gasteiger partial charge in [0.1, 0.15) is 0 Å². The molecule has 1 aromatic heterocycles. The summed E-state index contributed by atoms with van der Waals surface area (Å²) in [6.45, 7) is 4.64. The Bertz CT molecular complexity index is 1140. The molecule has 0 bridgehead atoms. The zero-order valence-electron chi connectivity index (χ0n) is 18.3. The van der Waals surface area contributed by atoms with Crippen molar-refractivity contribution >= 4 is 5.91 Å². The van der Waals surface area contributed by atoms with Gasteiger partial charge in [0.25, 0.3) is 5.56 Å². The summed E-state index contributed by atoms with van der Waals surface area (Å²) in [4.78, 5) is 24.5. The normalized spacial score (nSPS) is 10.6. The van der Waals surface area contributed by atoms with Gasteiger partial charge in [0, 0.05) is 24.6 Å². The summed E-state index contributed by atoms with van der Waals surface area (Å²) >= 11 is 0. The van der Waals surface area contributed by atoms with Crippen molar-refractivity contribution < 1.29 is 14.3 Å². The van der Waals surface area contributed by atoms with Gasteiger partial charge in [0.05, 0.1) is 26.5 Å². The van der Waals surface area contributed by atoms with Gasteiger partial charge in [0.15, 0.2) is 11.5 Å². The predicted molar refractivity (Wildman–Crippen MR) is 119 cm³/mol. The van der Waals surface area contributed by atoms with Crippen molar-refractivity contribution in [2.45, 2.75) is 33.4 Å². The van der Waals surface area contributed by atoms with Crippen LogP contribution in [0.3, 0.4) is 0 Å². The largest absolute Gasteiger partial charge is 0.493 e. The first kappa shape index (κ1) is 22.1. The Hall–Kier alpha value is -3.61. The van der Waals surface area contributed by atoms with E-state index in [1.165, 1.54) is 16.3 Å². The molecule has 7 heteroatoms. The first-order valence-electron chi connectivity index (χ1n) is 10.0. The van der Waals surface area contributed by atoms with Crippen molar-refractivity contribution in [3.8, 4) is 22.8 Å². The number of amides is 1. The van der Waals surface area contributed by atoms with Crippen molar-refractivity contribution in [1.82, 2.24) is 15.1 Å². The van der Waals surface area contributed by atoms with E-state index in [1.54, 1.807) is 26.4 Å². The average molecular weight is 421 g/mol. The highest BCUT2D eigenvalue weighted by molar-refractivity contribution is 5.75. The molecule has 1 heterocycles. The molecule has 0 atom stereocenters. The zero-order chi connectivity index (χ0) is 22.4. The Labute approximate surface area is 181 Å². The second-order valence-electron chi connectivity index (χ2n) is 7.30. The Kier molecular flexibility index (Phi) is 7.07. The number of carbonyl (C=O) groups excluding carboxylic acids is 1. The maximum atomic E-state index is 12.3. The molecule has 7 nitrogen and oxygen atoms in total. The highest BCUT2D eigenvalue weighted by atomic mass is 16.5. The van der Waals surface area contributed by atoms with Gasteiger partial charge in [-0.3, -0.25) is 9.59 Å². The Balaban J connectivity index is 1.62. The number of ether oxygens (including phenoxy) is 2. The number of nitrogens with one attached hydrogen (secondary N) is 1. The summed E-state index contributed by atoms with van der Waals surface area (Å²) in [5.41, 5.74) is 4.65. The fraction of sp³-hybridized carbons (Fsp3) is 0.292. The van der Waals surface area contributed by atoms with Crippen molar-refractivity contribution in [3.63, 3.8) is 0 Å². The van der Waals surface area contributed by atoms with Crippen LogP contribution in [0.1, 0.15) is 23.1 Å². The molecule has 162 valence electrons. The molecule has 0 saturated carbocycles.